The van der Waals surface area contributed by atoms with Gasteiger partial charge in [0.25, 0.3) is 0 Å². The minimum Gasteiger partial charge on any atom is -0.386 e. The van der Waals surface area contributed by atoms with Gasteiger partial charge in [-0.15, -0.1) is 11.8 Å². The normalized spacial score (nSPS) is 16.1. The van der Waals surface area contributed by atoms with Crippen molar-refractivity contribution < 1.29 is 24.3 Å². The predicted octanol–water partition coefficient (Wildman–Crippen LogP) is 4.53. The van der Waals surface area contributed by atoms with E-state index in [0.29, 0.717) is 40.9 Å². The van der Waals surface area contributed by atoms with Crippen LogP contribution in [0.1, 0.15) is 36.8 Å². The Morgan fingerprint density at radius 3 is 2.41 bits per heavy atom. The van der Waals surface area contributed by atoms with Gasteiger partial charge < -0.3 is 26.4 Å². The van der Waals surface area contributed by atoms with Gasteiger partial charge in [-0.3, -0.25) is 19.2 Å². The van der Waals surface area contributed by atoms with Gasteiger partial charge in [0.05, 0.1) is 16.0 Å². The van der Waals surface area contributed by atoms with Crippen LogP contribution >= 0.6 is 46.7 Å². The third kappa shape index (κ3) is 10.3. The third-order valence-corrected chi connectivity index (χ3v) is 10.3. The van der Waals surface area contributed by atoms with E-state index in [1.165, 1.54) is 4.90 Å². The van der Waals surface area contributed by atoms with Gasteiger partial charge >= 0.3 is 0 Å². The highest BCUT2D eigenvalue weighted by Crippen LogP contribution is 2.25. The number of nitrogens with two attached hydrogens (primary N) is 1. The van der Waals surface area contributed by atoms with Crippen molar-refractivity contribution in [1.82, 2.24) is 15.5 Å². The standard InChI is InChI=1S/C33H38Cl2N4O5S2/c34-25-11-9-22(16-26(25)35)18-45-14-12-30(41)37-28(19-46-20-40)33(44)39-13-4-3-7-29(39)32(43)38-27(31(36)42)17-21-8-10-23-5-1-2-6-24(23)15-21/h1-2,5-6,8-11,15-16,27-29,40H,3-4,7,12-14,17-20H2,(H2,36,42)(H,37,41)(H,38,43)/t27-,28-,29-/m0/s1. The molecule has 13 heteroatoms. The lowest BCUT2D eigenvalue weighted by atomic mass is 9.98. The van der Waals surface area contributed by atoms with E-state index in [9.17, 15) is 24.3 Å². The van der Waals surface area contributed by atoms with Crippen LogP contribution in [0, 0.1) is 0 Å². The Kier molecular flexibility index (Phi) is 13.9. The van der Waals surface area contributed by atoms with Gasteiger partial charge in [0.1, 0.15) is 18.1 Å². The van der Waals surface area contributed by atoms with Gasteiger partial charge in [0, 0.05) is 36.6 Å². The number of carbonyl (C=O) groups is 4. The molecule has 1 aliphatic rings. The molecule has 0 spiro atoms. The molecule has 0 radical (unpaired) electrons. The molecule has 0 unspecified atom stereocenters. The minimum absolute atomic E-state index is 0.147. The number of hydrogen-bond acceptors (Lipinski definition) is 7. The predicted molar refractivity (Wildman–Crippen MR) is 187 cm³/mol. The summed E-state index contributed by atoms with van der Waals surface area (Å²) in [4.78, 5) is 54.1. The average molecular weight is 706 g/mol. The van der Waals surface area contributed by atoms with Gasteiger partial charge in [-0.2, -0.15) is 11.8 Å². The van der Waals surface area contributed by atoms with Crippen LogP contribution in [-0.4, -0.2) is 75.8 Å². The minimum atomic E-state index is -0.964. The van der Waals surface area contributed by atoms with E-state index in [0.717, 1.165) is 40.1 Å². The summed E-state index contributed by atoms with van der Waals surface area (Å²) < 4.78 is 0. The van der Waals surface area contributed by atoms with E-state index < -0.39 is 35.8 Å². The third-order valence-electron chi connectivity index (χ3n) is 7.74. The smallest absolute Gasteiger partial charge is 0.246 e. The van der Waals surface area contributed by atoms with E-state index in [1.807, 2.05) is 48.5 Å². The van der Waals surface area contributed by atoms with Crippen LogP contribution in [0.3, 0.4) is 0 Å². The van der Waals surface area contributed by atoms with Crippen molar-refractivity contribution in [1.29, 1.82) is 0 Å². The number of benzene rings is 3. The number of aliphatic hydroxyl groups excluding tert-OH is 1. The molecule has 0 bridgehead atoms. The number of nitrogens with zero attached hydrogens (tertiary/aromatic N) is 1. The first-order valence-electron chi connectivity index (χ1n) is 15.0. The number of thioether (sulfide) groups is 2. The summed E-state index contributed by atoms with van der Waals surface area (Å²) in [6, 6.07) is 16.4. The van der Waals surface area contributed by atoms with Gasteiger partial charge in [-0.25, -0.2) is 0 Å². The monoisotopic (exact) mass is 704 g/mol. The van der Waals surface area contributed by atoms with Crippen molar-refractivity contribution in [3.8, 4) is 0 Å². The molecule has 1 aliphatic heterocycles. The van der Waals surface area contributed by atoms with Crippen molar-refractivity contribution in [3.63, 3.8) is 0 Å². The molecule has 3 aromatic rings. The molecule has 5 N–H and O–H groups in total. The quantitative estimate of drug-likeness (QED) is 0.135. The topological polar surface area (TPSA) is 142 Å². The summed E-state index contributed by atoms with van der Waals surface area (Å²) in [5.74, 6) is -0.756. The summed E-state index contributed by atoms with van der Waals surface area (Å²) in [5, 5.41) is 18.0. The average Bonchev–Trinajstić information content (AvgIpc) is 3.05. The zero-order chi connectivity index (χ0) is 33.1. The lowest BCUT2D eigenvalue weighted by Gasteiger charge is -2.37. The fourth-order valence-electron chi connectivity index (χ4n) is 5.36. The number of fused-ring (bicyclic) bond motifs is 1. The lowest BCUT2D eigenvalue weighted by Crippen LogP contribution is -2.60. The molecule has 1 fully saturated rings. The second-order valence-corrected chi connectivity index (χ2v) is 14.0. The van der Waals surface area contributed by atoms with E-state index >= 15 is 0 Å². The van der Waals surface area contributed by atoms with E-state index in [4.69, 9.17) is 28.9 Å². The first-order chi connectivity index (χ1) is 22.2. The number of primary amides is 1. The van der Waals surface area contributed by atoms with Crippen LogP contribution in [0.15, 0.2) is 60.7 Å². The molecule has 246 valence electrons. The Morgan fingerprint density at radius 2 is 1.67 bits per heavy atom. The Labute approximate surface area is 287 Å². The van der Waals surface area contributed by atoms with Crippen LogP contribution in [0.4, 0.5) is 0 Å². The lowest BCUT2D eigenvalue weighted by molar-refractivity contribution is -0.145. The molecule has 0 aromatic heterocycles. The Balaban J connectivity index is 1.36. The fourth-order valence-corrected chi connectivity index (χ4v) is 7.13. The number of rotatable bonds is 15. The van der Waals surface area contributed by atoms with Gasteiger partial charge in [0.15, 0.2) is 0 Å². The maximum absolute atomic E-state index is 13.8. The van der Waals surface area contributed by atoms with Crippen molar-refractivity contribution in [2.24, 2.45) is 5.73 Å². The second kappa shape index (κ2) is 17.8. The highest BCUT2D eigenvalue weighted by molar-refractivity contribution is 7.99. The summed E-state index contributed by atoms with van der Waals surface area (Å²) in [7, 11) is 0. The van der Waals surface area contributed by atoms with Gasteiger partial charge in [-0.05, 0) is 53.3 Å². The van der Waals surface area contributed by atoms with E-state index in [1.54, 1.807) is 23.9 Å². The number of likely N-dealkylation sites (tertiary alicyclic amines) is 1. The number of hydrogen-bond donors (Lipinski definition) is 4. The summed E-state index contributed by atoms with van der Waals surface area (Å²) in [5.41, 5.74) is 7.53. The van der Waals surface area contributed by atoms with E-state index in [-0.39, 0.29) is 30.4 Å². The SMILES string of the molecule is NC(=O)[C@H](Cc1ccc2ccccc2c1)NC(=O)[C@@H]1CCCCN1C(=O)[C@H](CSCO)NC(=O)CCSCc1ccc(Cl)c(Cl)c1. The molecule has 3 atom stereocenters. The molecule has 4 rings (SSSR count). The number of halogens is 2. The van der Waals surface area contributed by atoms with Crippen molar-refractivity contribution >= 4 is 81.1 Å². The molecule has 3 aromatic carbocycles. The zero-order valence-electron chi connectivity index (χ0n) is 25.3. The number of aliphatic hydroxyl groups is 1. The maximum atomic E-state index is 13.8. The largest absolute Gasteiger partial charge is 0.386 e. The summed E-state index contributed by atoms with van der Waals surface area (Å²) >= 11 is 14.7. The fraction of sp³-hybridized carbons (Fsp3) is 0.394. The molecular formula is C33H38Cl2N4O5S2. The summed E-state index contributed by atoms with van der Waals surface area (Å²) in [6.45, 7) is 0.332. The molecule has 1 heterocycles. The van der Waals surface area contributed by atoms with Crippen molar-refractivity contribution in [3.05, 3.63) is 81.8 Å². The molecule has 4 amide bonds. The highest BCUT2D eigenvalue weighted by atomic mass is 35.5. The molecule has 9 nitrogen and oxygen atoms in total. The molecule has 46 heavy (non-hydrogen) atoms. The maximum Gasteiger partial charge on any atom is 0.246 e. The first-order valence-corrected chi connectivity index (χ1v) is 18.1. The van der Waals surface area contributed by atoms with Crippen molar-refractivity contribution in [2.75, 3.05) is 24.0 Å². The molecule has 0 saturated carbocycles. The van der Waals surface area contributed by atoms with Crippen LogP contribution in [0.2, 0.25) is 10.0 Å². The van der Waals surface area contributed by atoms with Gasteiger partial charge in [0.2, 0.25) is 23.6 Å². The van der Waals surface area contributed by atoms with Crippen LogP contribution in [0.5, 0.6) is 0 Å². The van der Waals surface area contributed by atoms with Crippen LogP contribution in [0.25, 0.3) is 10.8 Å². The van der Waals surface area contributed by atoms with E-state index in [2.05, 4.69) is 10.6 Å². The molecule has 0 aliphatic carbocycles. The Hall–Kier alpha value is -2.96. The van der Waals surface area contributed by atoms with Crippen molar-refractivity contribution in [2.45, 2.75) is 56.0 Å². The molecular weight excluding hydrogens is 667 g/mol. The Morgan fingerprint density at radius 1 is 0.913 bits per heavy atom. The first kappa shape index (κ1) is 35.9. The molecule has 1 saturated heterocycles. The Bertz CT molecular complexity index is 1540. The summed E-state index contributed by atoms with van der Waals surface area (Å²) in [6.07, 6.45) is 2.23. The second-order valence-electron chi connectivity index (χ2n) is 11.1. The number of carbonyl (C=O) groups excluding carboxylic acids is 4. The van der Waals surface area contributed by atoms with Gasteiger partial charge in [-0.1, -0.05) is 71.7 Å². The van der Waals surface area contributed by atoms with Crippen LogP contribution in [-0.2, 0) is 31.4 Å². The highest BCUT2D eigenvalue weighted by Gasteiger charge is 2.37. The zero-order valence-corrected chi connectivity index (χ0v) is 28.4. The number of piperidine rings is 1. The number of nitrogens with one attached hydrogen (secondary N) is 2. The van der Waals surface area contributed by atoms with Crippen LogP contribution < -0.4 is 16.4 Å². The number of amides is 4.